The number of furan rings is 1. The number of hydrogen-bond acceptors (Lipinski definition) is 2. The van der Waals surface area contributed by atoms with Gasteiger partial charge in [-0.25, -0.2) is 0 Å². The van der Waals surface area contributed by atoms with E-state index in [-0.39, 0.29) is 6.04 Å². The maximum Gasteiger partial charge on any atom is 0.134 e. The van der Waals surface area contributed by atoms with Crippen LogP contribution in [0.25, 0.3) is 11.0 Å². The zero-order valence-corrected chi connectivity index (χ0v) is 12.1. The van der Waals surface area contributed by atoms with E-state index in [4.69, 9.17) is 10.2 Å². The van der Waals surface area contributed by atoms with Gasteiger partial charge in [0.1, 0.15) is 11.3 Å². The van der Waals surface area contributed by atoms with Crippen LogP contribution in [0.3, 0.4) is 0 Å². The van der Waals surface area contributed by atoms with Gasteiger partial charge in [0.2, 0.25) is 0 Å². The maximum atomic E-state index is 6.43. The molecule has 0 aliphatic heterocycles. The molecule has 0 aliphatic carbocycles. The Morgan fingerprint density at radius 3 is 2.50 bits per heavy atom. The van der Waals surface area contributed by atoms with Crippen molar-refractivity contribution in [2.75, 3.05) is 0 Å². The molecule has 0 spiro atoms. The average Bonchev–Trinajstić information content (AvgIpc) is 2.76. The fraction of sp³-hybridized carbons (Fsp3) is 0.222. The van der Waals surface area contributed by atoms with Crippen LogP contribution in [-0.2, 0) is 0 Å². The summed E-state index contributed by atoms with van der Waals surface area (Å²) in [6.07, 6.45) is 0. The third-order valence-electron chi connectivity index (χ3n) is 3.93. The van der Waals surface area contributed by atoms with Gasteiger partial charge in [0.05, 0.1) is 6.04 Å². The predicted molar refractivity (Wildman–Crippen MR) is 82.9 cm³/mol. The van der Waals surface area contributed by atoms with Crippen molar-refractivity contribution in [2.24, 2.45) is 5.73 Å². The lowest BCUT2D eigenvalue weighted by atomic mass is 9.97. The highest BCUT2D eigenvalue weighted by Gasteiger charge is 2.19. The Labute approximate surface area is 119 Å². The molecule has 1 heterocycles. The van der Waals surface area contributed by atoms with Crippen molar-refractivity contribution in [3.63, 3.8) is 0 Å². The molecule has 0 aliphatic rings. The van der Waals surface area contributed by atoms with E-state index in [0.29, 0.717) is 0 Å². The lowest BCUT2D eigenvalue weighted by molar-refractivity contribution is 0.520. The average molecular weight is 265 g/mol. The second-order valence-electron chi connectivity index (χ2n) is 5.43. The van der Waals surface area contributed by atoms with Crippen LogP contribution in [0.5, 0.6) is 0 Å². The summed E-state index contributed by atoms with van der Waals surface area (Å²) in [6, 6.07) is 14.2. The molecule has 0 amide bonds. The number of hydrogen-bond donors (Lipinski definition) is 1. The molecule has 0 bridgehead atoms. The fourth-order valence-electron chi connectivity index (χ4n) is 2.73. The van der Waals surface area contributed by atoms with Crippen molar-refractivity contribution >= 4 is 11.0 Å². The zero-order chi connectivity index (χ0) is 14.3. The second kappa shape index (κ2) is 4.80. The van der Waals surface area contributed by atoms with Gasteiger partial charge in [0.15, 0.2) is 0 Å². The number of nitrogens with two attached hydrogens (primary N) is 1. The van der Waals surface area contributed by atoms with Crippen molar-refractivity contribution in [1.82, 2.24) is 0 Å². The monoisotopic (exact) mass is 265 g/mol. The molecule has 1 unspecified atom stereocenters. The van der Waals surface area contributed by atoms with Crippen molar-refractivity contribution in [1.29, 1.82) is 0 Å². The van der Waals surface area contributed by atoms with E-state index in [1.54, 1.807) is 0 Å². The first kappa shape index (κ1) is 12.9. The van der Waals surface area contributed by atoms with E-state index >= 15 is 0 Å². The van der Waals surface area contributed by atoms with Crippen LogP contribution < -0.4 is 5.73 Å². The van der Waals surface area contributed by atoms with Gasteiger partial charge in [-0.3, -0.25) is 0 Å². The molecule has 2 heteroatoms. The van der Waals surface area contributed by atoms with Crippen LogP contribution in [0.4, 0.5) is 0 Å². The summed E-state index contributed by atoms with van der Waals surface area (Å²) in [5.74, 6) is 0.861. The molecular weight excluding hydrogens is 246 g/mol. The van der Waals surface area contributed by atoms with E-state index in [1.807, 2.05) is 18.2 Å². The van der Waals surface area contributed by atoms with Gasteiger partial charge in [-0.1, -0.05) is 35.9 Å². The molecule has 2 nitrogen and oxygen atoms in total. The molecule has 3 aromatic rings. The number of fused-ring (bicyclic) bond motifs is 1. The van der Waals surface area contributed by atoms with E-state index < -0.39 is 0 Å². The van der Waals surface area contributed by atoms with Gasteiger partial charge in [-0.15, -0.1) is 0 Å². The second-order valence-corrected chi connectivity index (χ2v) is 5.43. The Bertz CT molecular complexity index is 770. The Morgan fingerprint density at radius 1 is 1.00 bits per heavy atom. The highest BCUT2D eigenvalue weighted by atomic mass is 16.3. The van der Waals surface area contributed by atoms with Gasteiger partial charge in [-0.2, -0.15) is 0 Å². The van der Waals surface area contributed by atoms with E-state index in [2.05, 4.69) is 45.0 Å². The van der Waals surface area contributed by atoms with Crippen molar-refractivity contribution < 1.29 is 4.42 Å². The number of aryl methyl sites for hydroxylation is 3. The Kier molecular flexibility index (Phi) is 3.11. The van der Waals surface area contributed by atoms with Crippen LogP contribution in [-0.4, -0.2) is 0 Å². The summed E-state index contributed by atoms with van der Waals surface area (Å²) in [5, 5.41) is 1.16. The minimum atomic E-state index is -0.219. The minimum absolute atomic E-state index is 0.219. The number of rotatable bonds is 2. The van der Waals surface area contributed by atoms with Crippen molar-refractivity contribution in [3.8, 4) is 0 Å². The van der Waals surface area contributed by atoms with Gasteiger partial charge >= 0.3 is 0 Å². The van der Waals surface area contributed by atoms with Crippen LogP contribution in [0, 0.1) is 20.8 Å². The summed E-state index contributed by atoms with van der Waals surface area (Å²) < 4.78 is 6.00. The summed E-state index contributed by atoms with van der Waals surface area (Å²) >= 11 is 0. The minimum Gasteiger partial charge on any atom is -0.459 e. The molecule has 0 fully saturated rings. The normalized spacial score (nSPS) is 12.8. The predicted octanol–water partition coefficient (Wildman–Crippen LogP) is 4.41. The zero-order valence-electron chi connectivity index (χ0n) is 12.1. The SMILES string of the molecule is Cc1ccc2oc(C(N)c3ccccc3C)c(C)c2c1. The van der Waals surface area contributed by atoms with Gasteiger partial charge in [-0.05, 0) is 44.0 Å². The first-order valence-electron chi connectivity index (χ1n) is 6.88. The molecule has 1 aromatic heterocycles. The third kappa shape index (κ3) is 2.02. The maximum absolute atomic E-state index is 6.43. The molecule has 20 heavy (non-hydrogen) atoms. The largest absolute Gasteiger partial charge is 0.459 e. The summed E-state index contributed by atoms with van der Waals surface area (Å²) in [4.78, 5) is 0. The topological polar surface area (TPSA) is 39.2 Å². The summed E-state index contributed by atoms with van der Waals surface area (Å²) in [5.41, 5.74) is 12.0. The lowest BCUT2D eigenvalue weighted by Crippen LogP contribution is -2.13. The molecule has 0 saturated carbocycles. The number of benzene rings is 2. The molecule has 3 rings (SSSR count). The molecule has 102 valence electrons. The summed E-state index contributed by atoms with van der Waals surface area (Å²) in [7, 11) is 0. The smallest absolute Gasteiger partial charge is 0.134 e. The Morgan fingerprint density at radius 2 is 1.75 bits per heavy atom. The molecule has 2 N–H and O–H groups in total. The van der Waals surface area contributed by atoms with E-state index in [0.717, 1.165) is 27.9 Å². The molecule has 0 radical (unpaired) electrons. The van der Waals surface area contributed by atoms with Crippen molar-refractivity contribution in [2.45, 2.75) is 26.8 Å². The highest BCUT2D eigenvalue weighted by Crippen LogP contribution is 2.32. The standard InChI is InChI=1S/C18H19NO/c1-11-8-9-16-15(10-11)13(3)18(20-16)17(19)14-7-5-4-6-12(14)2/h4-10,17H,19H2,1-3H3. The van der Waals surface area contributed by atoms with Gasteiger partial charge in [0.25, 0.3) is 0 Å². The first-order valence-corrected chi connectivity index (χ1v) is 6.88. The van der Waals surface area contributed by atoms with Crippen LogP contribution in [0.2, 0.25) is 0 Å². The highest BCUT2D eigenvalue weighted by molar-refractivity contribution is 5.83. The molecule has 0 saturated heterocycles. The van der Waals surface area contributed by atoms with Gasteiger partial charge in [0, 0.05) is 10.9 Å². The van der Waals surface area contributed by atoms with Crippen LogP contribution in [0.15, 0.2) is 46.9 Å². The first-order chi connectivity index (χ1) is 9.58. The Balaban J connectivity index is 2.15. The van der Waals surface area contributed by atoms with Gasteiger partial charge < -0.3 is 10.2 Å². The quantitative estimate of drug-likeness (QED) is 0.745. The fourth-order valence-corrected chi connectivity index (χ4v) is 2.73. The van der Waals surface area contributed by atoms with Crippen LogP contribution >= 0.6 is 0 Å². The Hall–Kier alpha value is -2.06. The summed E-state index contributed by atoms with van der Waals surface area (Å²) in [6.45, 7) is 6.25. The molecule has 1 atom stereocenters. The molecule has 2 aromatic carbocycles. The van der Waals surface area contributed by atoms with E-state index in [9.17, 15) is 0 Å². The molecular formula is C18H19NO. The van der Waals surface area contributed by atoms with Crippen LogP contribution in [0.1, 0.15) is 34.1 Å². The third-order valence-corrected chi connectivity index (χ3v) is 3.93. The lowest BCUT2D eigenvalue weighted by Gasteiger charge is -2.13. The van der Waals surface area contributed by atoms with E-state index in [1.165, 1.54) is 11.1 Å². The van der Waals surface area contributed by atoms with Crippen molar-refractivity contribution in [3.05, 3.63) is 70.5 Å².